The predicted octanol–water partition coefficient (Wildman–Crippen LogP) is 2.71. The molecule has 0 aromatic heterocycles. The van der Waals surface area contributed by atoms with Gasteiger partial charge in [0.1, 0.15) is 0 Å². The van der Waals surface area contributed by atoms with Crippen LogP contribution < -0.4 is 29.4 Å². The van der Waals surface area contributed by atoms with Crippen LogP contribution in [0.3, 0.4) is 0 Å². The summed E-state index contributed by atoms with van der Waals surface area (Å²) in [7, 11) is 2.87. The SMILES string of the molecule is CCOc1ccc(C2=N/C(=C\c3cc(OC)c(OCC(N)=O)c(OC)c3)C(=O)O2)cc1OCC. The molecule has 3 rings (SSSR count). The van der Waals surface area contributed by atoms with Crippen molar-refractivity contribution in [3.05, 3.63) is 47.2 Å². The molecular weight excluding hydrogens is 444 g/mol. The molecular formula is C24H26N2O8. The molecule has 0 atom stereocenters. The van der Waals surface area contributed by atoms with Crippen molar-refractivity contribution in [1.82, 2.24) is 0 Å². The normalized spacial score (nSPS) is 13.8. The molecule has 1 amide bonds. The number of methoxy groups -OCH3 is 2. The lowest BCUT2D eigenvalue weighted by molar-refractivity contribution is -0.130. The minimum absolute atomic E-state index is 0.0803. The monoisotopic (exact) mass is 470 g/mol. The third-order valence-electron chi connectivity index (χ3n) is 4.56. The third kappa shape index (κ3) is 5.58. The number of ether oxygens (including phenoxy) is 6. The number of hydrogen-bond donors (Lipinski definition) is 1. The summed E-state index contributed by atoms with van der Waals surface area (Å²) in [6, 6.07) is 8.40. The van der Waals surface area contributed by atoms with Crippen LogP contribution in [0, 0.1) is 0 Å². The van der Waals surface area contributed by atoms with Gasteiger partial charge in [-0.1, -0.05) is 0 Å². The van der Waals surface area contributed by atoms with Gasteiger partial charge in [-0.25, -0.2) is 9.79 Å². The Morgan fingerprint density at radius 1 is 0.971 bits per heavy atom. The van der Waals surface area contributed by atoms with Gasteiger partial charge in [0.25, 0.3) is 5.91 Å². The number of hydrogen-bond acceptors (Lipinski definition) is 9. The Labute approximate surface area is 196 Å². The molecule has 2 aromatic rings. The van der Waals surface area contributed by atoms with Gasteiger partial charge in [-0.3, -0.25) is 4.79 Å². The van der Waals surface area contributed by atoms with Crippen molar-refractivity contribution in [3.63, 3.8) is 0 Å². The Morgan fingerprint density at radius 2 is 1.62 bits per heavy atom. The van der Waals surface area contributed by atoms with Crippen LogP contribution in [0.15, 0.2) is 41.0 Å². The molecule has 0 aliphatic carbocycles. The molecule has 0 spiro atoms. The maximum atomic E-state index is 12.5. The van der Waals surface area contributed by atoms with Crippen molar-refractivity contribution in [1.29, 1.82) is 0 Å². The number of nitrogens with zero attached hydrogens (tertiary/aromatic N) is 1. The second kappa shape index (κ2) is 11.1. The molecule has 0 saturated carbocycles. The highest BCUT2D eigenvalue weighted by molar-refractivity contribution is 6.13. The quantitative estimate of drug-likeness (QED) is 0.392. The number of cyclic esters (lactones) is 1. The Bertz CT molecular complexity index is 1110. The second-order valence-electron chi connectivity index (χ2n) is 6.87. The molecule has 0 fully saturated rings. The Kier molecular flexibility index (Phi) is 7.96. The average molecular weight is 470 g/mol. The molecule has 180 valence electrons. The van der Waals surface area contributed by atoms with Crippen molar-refractivity contribution >= 4 is 23.9 Å². The molecule has 10 nitrogen and oxygen atoms in total. The fourth-order valence-electron chi connectivity index (χ4n) is 3.14. The van der Waals surface area contributed by atoms with Crippen LogP contribution in [0.5, 0.6) is 28.7 Å². The van der Waals surface area contributed by atoms with Gasteiger partial charge in [-0.2, -0.15) is 0 Å². The minimum atomic E-state index is -0.646. The second-order valence-corrected chi connectivity index (χ2v) is 6.87. The van der Waals surface area contributed by atoms with Gasteiger partial charge in [0.2, 0.25) is 11.6 Å². The highest BCUT2D eigenvalue weighted by Crippen LogP contribution is 2.39. The van der Waals surface area contributed by atoms with E-state index in [1.165, 1.54) is 20.3 Å². The number of aliphatic imine (C=N–C) groups is 1. The number of carbonyl (C=O) groups is 2. The highest BCUT2D eigenvalue weighted by Gasteiger charge is 2.26. The van der Waals surface area contributed by atoms with E-state index in [0.29, 0.717) is 35.8 Å². The maximum Gasteiger partial charge on any atom is 0.363 e. The van der Waals surface area contributed by atoms with Crippen LogP contribution in [0.1, 0.15) is 25.0 Å². The zero-order chi connectivity index (χ0) is 24.7. The van der Waals surface area contributed by atoms with Gasteiger partial charge in [-0.15, -0.1) is 0 Å². The van der Waals surface area contributed by atoms with Crippen molar-refractivity contribution in [2.75, 3.05) is 34.0 Å². The lowest BCUT2D eigenvalue weighted by Crippen LogP contribution is -2.20. The number of primary amides is 1. The fraction of sp³-hybridized carbons (Fsp3) is 0.292. The molecule has 0 bridgehead atoms. The van der Waals surface area contributed by atoms with Gasteiger partial charge in [0.05, 0.1) is 27.4 Å². The number of nitrogens with two attached hydrogens (primary N) is 1. The highest BCUT2D eigenvalue weighted by atomic mass is 16.6. The molecule has 2 N–H and O–H groups in total. The predicted molar refractivity (Wildman–Crippen MR) is 124 cm³/mol. The zero-order valence-electron chi connectivity index (χ0n) is 19.4. The van der Waals surface area contributed by atoms with Crippen molar-refractivity contribution in [3.8, 4) is 28.7 Å². The first-order valence-electron chi connectivity index (χ1n) is 10.5. The van der Waals surface area contributed by atoms with E-state index in [0.717, 1.165) is 0 Å². The molecule has 1 aliphatic rings. The van der Waals surface area contributed by atoms with E-state index in [1.54, 1.807) is 30.3 Å². The largest absolute Gasteiger partial charge is 0.493 e. The smallest absolute Gasteiger partial charge is 0.363 e. The summed E-state index contributed by atoms with van der Waals surface area (Å²) < 4.78 is 32.7. The van der Waals surface area contributed by atoms with E-state index < -0.39 is 11.9 Å². The number of amides is 1. The molecule has 1 aliphatic heterocycles. The van der Waals surface area contributed by atoms with E-state index in [9.17, 15) is 9.59 Å². The Morgan fingerprint density at radius 3 is 2.21 bits per heavy atom. The van der Waals surface area contributed by atoms with Gasteiger partial charge in [0, 0.05) is 5.56 Å². The molecule has 0 radical (unpaired) electrons. The number of rotatable bonds is 11. The van der Waals surface area contributed by atoms with Crippen molar-refractivity contribution < 1.29 is 38.0 Å². The lowest BCUT2D eigenvalue weighted by Gasteiger charge is -2.14. The fourth-order valence-corrected chi connectivity index (χ4v) is 3.14. The average Bonchev–Trinajstić information content (AvgIpc) is 3.18. The van der Waals surface area contributed by atoms with Crippen LogP contribution >= 0.6 is 0 Å². The summed E-state index contributed by atoms with van der Waals surface area (Å²) in [5.41, 5.74) is 6.34. The number of esters is 1. The first-order chi connectivity index (χ1) is 16.4. The molecule has 2 aromatic carbocycles. The standard InChI is InChI=1S/C24H26N2O8/c1-5-31-17-8-7-15(12-18(17)32-6-2)23-26-16(24(28)34-23)9-14-10-19(29-3)22(20(11-14)30-4)33-13-21(25)27/h7-12H,5-6,13H2,1-4H3,(H2,25,27)/b16-9-. The summed E-state index contributed by atoms with van der Waals surface area (Å²) in [4.78, 5) is 27.9. The zero-order valence-corrected chi connectivity index (χ0v) is 19.4. The summed E-state index contributed by atoms with van der Waals surface area (Å²) >= 11 is 0. The first-order valence-corrected chi connectivity index (χ1v) is 10.5. The number of carbonyl (C=O) groups excluding carboxylic acids is 2. The molecule has 34 heavy (non-hydrogen) atoms. The van der Waals surface area contributed by atoms with E-state index in [-0.39, 0.29) is 35.5 Å². The Hall–Kier alpha value is -4.21. The molecule has 0 unspecified atom stereocenters. The van der Waals surface area contributed by atoms with E-state index in [1.807, 2.05) is 13.8 Å². The topological polar surface area (TPSA) is 128 Å². The summed E-state index contributed by atoms with van der Waals surface area (Å²) in [5.74, 6) is 0.779. The van der Waals surface area contributed by atoms with E-state index in [4.69, 9.17) is 34.2 Å². The summed E-state index contributed by atoms with van der Waals surface area (Å²) in [5, 5.41) is 0. The minimum Gasteiger partial charge on any atom is -0.493 e. The maximum absolute atomic E-state index is 12.5. The van der Waals surface area contributed by atoms with Gasteiger partial charge in [-0.05, 0) is 55.8 Å². The van der Waals surface area contributed by atoms with Crippen LogP contribution in [-0.2, 0) is 14.3 Å². The van der Waals surface area contributed by atoms with Crippen LogP contribution in [-0.4, -0.2) is 51.8 Å². The molecule has 0 saturated heterocycles. The van der Waals surface area contributed by atoms with Gasteiger partial charge < -0.3 is 34.2 Å². The Balaban J connectivity index is 1.95. The van der Waals surface area contributed by atoms with Crippen LogP contribution in [0.4, 0.5) is 0 Å². The van der Waals surface area contributed by atoms with Crippen molar-refractivity contribution in [2.24, 2.45) is 10.7 Å². The lowest BCUT2D eigenvalue weighted by atomic mass is 10.1. The number of benzene rings is 2. The van der Waals surface area contributed by atoms with Crippen molar-refractivity contribution in [2.45, 2.75) is 13.8 Å². The third-order valence-corrected chi connectivity index (χ3v) is 4.56. The first kappa shape index (κ1) is 24.4. The van der Waals surface area contributed by atoms with Gasteiger partial charge in [0.15, 0.2) is 35.3 Å². The molecule has 10 heteroatoms. The van der Waals surface area contributed by atoms with Gasteiger partial charge >= 0.3 is 5.97 Å². The summed E-state index contributed by atoms with van der Waals surface area (Å²) in [6.07, 6.45) is 1.52. The summed E-state index contributed by atoms with van der Waals surface area (Å²) in [6.45, 7) is 4.33. The van der Waals surface area contributed by atoms with E-state index in [2.05, 4.69) is 4.99 Å². The van der Waals surface area contributed by atoms with Crippen LogP contribution in [0.25, 0.3) is 6.08 Å². The van der Waals surface area contributed by atoms with E-state index >= 15 is 0 Å². The molecule has 1 heterocycles. The van der Waals surface area contributed by atoms with Crippen LogP contribution in [0.2, 0.25) is 0 Å².